The molecule has 2 N–H and O–H groups in total. The van der Waals surface area contributed by atoms with E-state index in [2.05, 4.69) is 5.10 Å². The van der Waals surface area contributed by atoms with Crippen molar-refractivity contribution in [3.05, 3.63) is 29.5 Å². The van der Waals surface area contributed by atoms with E-state index in [0.717, 1.165) is 0 Å². The van der Waals surface area contributed by atoms with E-state index < -0.39 is 5.97 Å². The molecule has 0 radical (unpaired) electrons. The SMILES string of the molecule is COc1cc(-c2cc(C(=O)O)nn2C)c(C=O)cc1O. The quantitative estimate of drug-likeness (QED) is 0.816. The zero-order valence-electron chi connectivity index (χ0n) is 10.8. The van der Waals surface area contributed by atoms with Gasteiger partial charge in [0.05, 0.1) is 12.8 Å². The molecule has 2 aromatic rings. The Balaban J connectivity index is 2.67. The highest BCUT2D eigenvalue weighted by atomic mass is 16.5. The van der Waals surface area contributed by atoms with Crippen molar-refractivity contribution in [2.45, 2.75) is 0 Å². The number of hydrogen-bond acceptors (Lipinski definition) is 5. The van der Waals surface area contributed by atoms with Crippen molar-refractivity contribution in [3.63, 3.8) is 0 Å². The van der Waals surface area contributed by atoms with Gasteiger partial charge in [-0.3, -0.25) is 9.48 Å². The van der Waals surface area contributed by atoms with Crippen LogP contribution in [0.15, 0.2) is 18.2 Å². The van der Waals surface area contributed by atoms with Gasteiger partial charge in [0.25, 0.3) is 0 Å². The second-order valence-corrected chi connectivity index (χ2v) is 4.07. The van der Waals surface area contributed by atoms with Crippen LogP contribution in [0.4, 0.5) is 0 Å². The molecule has 0 aliphatic carbocycles. The average Bonchev–Trinajstić information content (AvgIpc) is 2.80. The summed E-state index contributed by atoms with van der Waals surface area (Å²) in [6.45, 7) is 0. The summed E-state index contributed by atoms with van der Waals surface area (Å²) in [5.74, 6) is -1.15. The number of phenols is 1. The van der Waals surface area contributed by atoms with Crippen LogP contribution in [0, 0.1) is 0 Å². The fourth-order valence-electron chi connectivity index (χ4n) is 1.89. The first-order valence-corrected chi connectivity index (χ1v) is 5.61. The number of aromatic hydroxyl groups is 1. The summed E-state index contributed by atoms with van der Waals surface area (Å²) in [6.07, 6.45) is 0.571. The topological polar surface area (TPSA) is 102 Å². The molecule has 0 saturated carbocycles. The number of aromatic nitrogens is 2. The summed E-state index contributed by atoms with van der Waals surface area (Å²) in [4.78, 5) is 22.0. The fraction of sp³-hybridized carbons (Fsp3) is 0.154. The molecule has 1 aromatic heterocycles. The van der Waals surface area contributed by atoms with Crippen LogP contribution < -0.4 is 4.74 Å². The van der Waals surface area contributed by atoms with Gasteiger partial charge in [0.15, 0.2) is 23.5 Å². The van der Waals surface area contributed by atoms with Gasteiger partial charge in [-0.1, -0.05) is 0 Å². The second-order valence-electron chi connectivity index (χ2n) is 4.07. The van der Waals surface area contributed by atoms with Crippen molar-refractivity contribution in [3.8, 4) is 22.8 Å². The fourth-order valence-corrected chi connectivity index (χ4v) is 1.89. The van der Waals surface area contributed by atoms with E-state index in [1.165, 1.54) is 30.0 Å². The molecular weight excluding hydrogens is 264 g/mol. The molecule has 104 valence electrons. The highest BCUT2D eigenvalue weighted by molar-refractivity contribution is 5.91. The molecule has 0 unspecified atom stereocenters. The highest BCUT2D eigenvalue weighted by Crippen LogP contribution is 2.34. The second kappa shape index (κ2) is 5.04. The Hall–Kier alpha value is -2.83. The van der Waals surface area contributed by atoms with Gasteiger partial charge >= 0.3 is 5.97 Å². The van der Waals surface area contributed by atoms with E-state index in [0.29, 0.717) is 17.5 Å². The van der Waals surface area contributed by atoms with E-state index in [9.17, 15) is 14.7 Å². The first-order chi connectivity index (χ1) is 9.47. The molecule has 0 spiro atoms. The van der Waals surface area contributed by atoms with Crippen LogP contribution in [0.25, 0.3) is 11.3 Å². The van der Waals surface area contributed by atoms with Gasteiger partial charge in [0.2, 0.25) is 0 Å². The van der Waals surface area contributed by atoms with E-state index in [1.807, 2.05) is 0 Å². The minimum atomic E-state index is -1.16. The molecule has 20 heavy (non-hydrogen) atoms. The summed E-state index contributed by atoms with van der Waals surface area (Å²) in [6, 6.07) is 4.07. The number of nitrogens with zero attached hydrogens (tertiary/aromatic N) is 2. The standard InChI is InChI=1S/C13H12N2O5/c1-15-10(5-9(14-15)13(18)19)8-4-12(20-2)11(17)3-7(8)6-16/h3-6,17H,1-2H3,(H,18,19). The number of hydrogen-bond donors (Lipinski definition) is 2. The summed E-state index contributed by atoms with van der Waals surface area (Å²) in [5.41, 5.74) is 0.939. The molecule has 0 bridgehead atoms. The number of methoxy groups -OCH3 is 1. The Labute approximate surface area is 114 Å². The number of phenolic OH excluding ortho intramolecular Hbond substituents is 1. The van der Waals surface area contributed by atoms with Crippen LogP contribution in [0.3, 0.4) is 0 Å². The van der Waals surface area contributed by atoms with E-state index in [4.69, 9.17) is 9.84 Å². The smallest absolute Gasteiger partial charge is 0.356 e. The third kappa shape index (κ3) is 2.20. The van der Waals surface area contributed by atoms with Crippen molar-refractivity contribution < 1.29 is 24.5 Å². The van der Waals surface area contributed by atoms with Crippen LogP contribution in [-0.4, -0.2) is 39.4 Å². The predicted octanol–water partition coefficient (Wildman–Crippen LogP) is 1.31. The minimum absolute atomic E-state index is 0.133. The summed E-state index contributed by atoms with van der Waals surface area (Å²) < 4.78 is 6.34. The van der Waals surface area contributed by atoms with Crippen molar-refractivity contribution in [2.75, 3.05) is 7.11 Å². The number of aromatic carboxylic acids is 1. The maximum absolute atomic E-state index is 11.1. The molecule has 7 heteroatoms. The zero-order valence-corrected chi connectivity index (χ0v) is 10.8. The number of ether oxygens (including phenoxy) is 1. The van der Waals surface area contributed by atoms with Crippen LogP contribution in [-0.2, 0) is 7.05 Å². The van der Waals surface area contributed by atoms with E-state index in [-0.39, 0.29) is 22.8 Å². The number of aryl methyl sites for hydroxylation is 1. The average molecular weight is 276 g/mol. The normalized spacial score (nSPS) is 10.3. The van der Waals surface area contributed by atoms with E-state index in [1.54, 1.807) is 7.05 Å². The molecule has 1 heterocycles. The molecule has 0 aliphatic heterocycles. The highest BCUT2D eigenvalue weighted by Gasteiger charge is 2.17. The van der Waals surface area contributed by atoms with Gasteiger partial charge in [-0.05, 0) is 18.2 Å². The third-order valence-electron chi connectivity index (χ3n) is 2.85. The Morgan fingerprint density at radius 2 is 2.10 bits per heavy atom. The molecule has 0 fully saturated rings. The Morgan fingerprint density at radius 3 is 2.60 bits per heavy atom. The van der Waals surface area contributed by atoms with Crippen molar-refractivity contribution in [1.82, 2.24) is 9.78 Å². The number of benzene rings is 1. The molecule has 2 rings (SSSR count). The monoisotopic (exact) mass is 276 g/mol. The van der Waals surface area contributed by atoms with Gasteiger partial charge in [-0.2, -0.15) is 5.10 Å². The first kappa shape index (κ1) is 13.6. The maximum atomic E-state index is 11.1. The number of carboxylic acids is 1. The Bertz CT molecular complexity index is 690. The third-order valence-corrected chi connectivity index (χ3v) is 2.85. The molecule has 7 nitrogen and oxygen atoms in total. The van der Waals surface area contributed by atoms with Crippen molar-refractivity contribution >= 4 is 12.3 Å². The molecule has 0 atom stereocenters. The summed E-state index contributed by atoms with van der Waals surface area (Å²) in [7, 11) is 2.95. The lowest BCUT2D eigenvalue weighted by molar-refractivity contribution is 0.0689. The number of carbonyl (C=O) groups is 2. The van der Waals surface area contributed by atoms with Crippen LogP contribution in [0.1, 0.15) is 20.8 Å². The first-order valence-electron chi connectivity index (χ1n) is 5.61. The van der Waals surface area contributed by atoms with Gasteiger partial charge < -0.3 is 14.9 Å². The maximum Gasteiger partial charge on any atom is 0.356 e. The number of carbonyl (C=O) groups excluding carboxylic acids is 1. The lowest BCUT2D eigenvalue weighted by atomic mass is 10.0. The van der Waals surface area contributed by atoms with Gasteiger partial charge in [-0.15, -0.1) is 0 Å². The Morgan fingerprint density at radius 1 is 1.40 bits per heavy atom. The molecule has 1 aromatic carbocycles. The number of rotatable bonds is 4. The molecule has 0 saturated heterocycles. The minimum Gasteiger partial charge on any atom is -0.504 e. The van der Waals surface area contributed by atoms with Crippen LogP contribution in [0.2, 0.25) is 0 Å². The van der Waals surface area contributed by atoms with Gasteiger partial charge in [0.1, 0.15) is 0 Å². The molecular formula is C13H12N2O5. The van der Waals surface area contributed by atoms with Gasteiger partial charge in [0, 0.05) is 18.2 Å². The number of carboxylic acid groups (broad SMARTS) is 1. The van der Waals surface area contributed by atoms with Gasteiger partial charge in [-0.25, -0.2) is 4.79 Å². The van der Waals surface area contributed by atoms with Crippen LogP contribution >= 0.6 is 0 Å². The number of aldehydes is 1. The lowest BCUT2D eigenvalue weighted by Gasteiger charge is -2.09. The summed E-state index contributed by atoms with van der Waals surface area (Å²) in [5, 5.41) is 22.4. The summed E-state index contributed by atoms with van der Waals surface area (Å²) >= 11 is 0. The predicted molar refractivity (Wildman–Crippen MR) is 69.2 cm³/mol. The van der Waals surface area contributed by atoms with Crippen LogP contribution in [0.5, 0.6) is 11.5 Å². The van der Waals surface area contributed by atoms with E-state index >= 15 is 0 Å². The zero-order chi connectivity index (χ0) is 14.9. The molecule has 0 amide bonds. The molecule has 0 aliphatic rings. The lowest BCUT2D eigenvalue weighted by Crippen LogP contribution is -2.00. The van der Waals surface area contributed by atoms with Crippen molar-refractivity contribution in [2.24, 2.45) is 7.05 Å². The van der Waals surface area contributed by atoms with Crippen molar-refractivity contribution in [1.29, 1.82) is 0 Å². The Kier molecular flexibility index (Phi) is 3.43. The largest absolute Gasteiger partial charge is 0.504 e.